The molecule has 2 atom stereocenters. The maximum absolute atomic E-state index is 9.16. The SMILES string of the molecule is CC(C)(C#N)[C@H]1CC[C@@H](C2CCCCC2)N1. The lowest BCUT2D eigenvalue weighted by atomic mass is 9.83. The lowest BCUT2D eigenvalue weighted by molar-refractivity contribution is 0.262. The summed E-state index contributed by atoms with van der Waals surface area (Å²) < 4.78 is 0. The molecule has 0 unspecified atom stereocenters. The Labute approximate surface area is 99.4 Å². The van der Waals surface area contributed by atoms with Crippen molar-refractivity contribution < 1.29 is 0 Å². The molecule has 0 aromatic carbocycles. The predicted molar refractivity (Wildman–Crippen MR) is 65.9 cm³/mol. The van der Waals surface area contributed by atoms with Crippen LogP contribution in [0.25, 0.3) is 0 Å². The summed E-state index contributed by atoms with van der Waals surface area (Å²) in [7, 11) is 0. The zero-order valence-electron chi connectivity index (χ0n) is 10.6. The van der Waals surface area contributed by atoms with Gasteiger partial charge in [-0.15, -0.1) is 0 Å². The van der Waals surface area contributed by atoms with E-state index >= 15 is 0 Å². The van der Waals surface area contributed by atoms with Crippen molar-refractivity contribution in [3.05, 3.63) is 0 Å². The Balaban J connectivity index is 1.90. The largest absolute Gasteiger partial charge is 0.309 e. The lowest BCUT2D eigenvalue weighted by Crippen LogP contribution is -2.42. The third kappa shape index (κ3) is 2.40. The Bertz CT molecular complexity index is 271. The van der Waals surface area contributed by atoms with E-state index in [1.54, 1.807) is 0 Å². The number of hydrogen-bond acceptors (Lipinski definition) is 2. The molecule has 90 valence electrons. The monoisotopic (exact) mass is 220 g/mol. The smallest absolute Gasteiger partial charge is 0.0700 e. The van der Waals surface area contributed by atoms with Gasteiger partial charge in [-0.05, 0) is 45.4 Å². The molecular weight excluding hydrogens is 196 g/mol. The van der Waals surface area contributed by atoms with Crippen LogP contribution in [0.2, 0.25) is 0 Å². The van der Waals surface area contributed by atoms with Crippen LogP contribution >= 0.6 is 0 Å². The van der Waals surface area contributed by atoms with Crippen molar-refractivity contribution in [3.8, 4) is 6.07 Å². The molecule has 0 bridgehead atoms. The Kier molecular flexibility index (Phi) is 3.54. The molecule has 1 N–H and O–H groups in total. The van der Waals surface area contributed by atoms with E-state index in [4.69, 9.17) is 5.26 Å². The van der Waals surface area contributed by atoms with Crippen molar-refractivity contribution >= 4 is 0 Å². The molecule has 0 aromatic rings. The van der Waals surface area contributed by atoms with E-state index in [2.05, 4.69) is 25.2 Å². The molecule has 1 saturated heterocycles. The van der Waals surface area contributed by atoms with Gasteiger partial charge in [0.05, 0.1) is 11.5 Å². The van der Waals surface area contributed by atoms with E-state index in [0.29, 0.717) is 12.1 Å². The molecule has 2 aliphatic rings. The summed E-state index contributed by atoms with van der Waals surface area (Å²) in [5.41, 5.74) is -0.205. The van der Waals surface area contributed by atoms with E-state index in [1.165, 1.54) is 44.9 Å². The fourth-order valence-corrected chi connectivity index (χ4v) is 3.33. The molecule has 1 saturated carbocycles. The molecule has 0 amide bonds. The van der Waals surface area contributed by atoms with E-state index in [-0.39, 0.29) is 5.41 Å². The van der Waals surface area contributed by atoms with Gasteiger partial charge in [-0.25, -0.2) is 0 Å². The molecule has 1 heterocycles. The van der Waals surface area contributed by atoms with Crippen molar-refractivity contribution in [1.29, 1.82) is 5.26 Å². The van der Waals surface area contributed by atoms with Crippen LogP contribution in [-0.2, 0) is 0 Å². The van der Waals surface area contributed by atoms with Gasteiger partial charge in [-0.3, -0.25) is 0 Å². The lowest BCUT2D eigenvalue weighted by Gasteiger charge is -2.30. The predicted octanol–water partition coefficient (Wildman–Crippen LogP) is 3.24. The first-order valence-corrected chi connectivity index (χ1v) is 6.81. The number of nitriles is 1. The van der Waals surface area contributed by atoms with Crippen molar-refractivity contribution in [1.82, 2.24) is 5.32 Å². The van der Waals surface area contributed by atoms with Gasteiger partial charge in [0.25, 0.3) is 0 Å². The summed E-state index contributed by atoms with van der Waals surface area (Å²) in [6.45, 7) is 4.13. The van der Waals surface area contributed by atoms with Gasteiger partial charge in [0, 0.05) is 12.1 Å². The average Bonchev–Trinajstić information content (AvgIpc) is 2.80. The summed E-state index contributed by atoms with van der Waals surface area (Å²) in [5, 5.41) is 12.9. The van der Waals surface area contributed by atoms with Gasteiger partial charge >= 0.3 is 0 Å². The summed E-state index contributed by atoms with van der Waals surface area (Å²) in [4.78, 5) is 0. The summed E-state index contributed by atoms with van der Waals surface area (Å²) in [5.74, 6) is 0.883. The standard InChI is InChI=1S/C14H24N2/c1-14(2,10-15)13-9-8-12(16-13)11-6-4-3-5-7-11/h11-13,16H,3-9H2,1-2H3/t12-,13+/m0/s1. The number of rotatable bonds is 2. The molecule has 2 heteroatoms. The normalized spacial score (nSPS) is 32.6. The van der Waals surface area contributed by atoms with Crippen molar-refractivity contribution in [2.75, 3.05) is 0 Å². The summed E-state index contributed by atoms with van der Waals surface area (Å²) in [6.07, 6.45) is 9.51. The fraction of sp³-hybridized carbons (Fsp3) is 0.929. The second-order valence-electron chi connectivity index (χ2n) is 6.13. The van der Waals surface area contributed by atoms with Crippen LogP contribution < -0.4 is 5.32 Å². The molecule has 2 nitrogen and oxygen atoms in total. The highest BCUT2D eigenvalue weighted by atomic mass is 15.0. The third-order valence-corrected chi connectivity index (χ3v) is 4.56. The first-order valence-electron chi connectivity index (χ1n) is 6.81. The molecular formula is C14H24N2. The zero-order chi connectivity index (χ0) is 11.6. The Morgan fingerprint density at radius 3 is 2.38 bits per heavy atom. The van der Waals surface area contributed by atoms with Gasteiger partial charge in [0.2, 0.25) is 0 Å². The molecule has 0 radical (unpaired) electrons. The van der Waals surface area contributed by atoms with E-state index in [0.717, 1.165) is 5.92 Å². The maximum Gasteiger partial charge on any atom is 0.0700 e. The summed E-state index contributed by atoms with van der Waals surface area (Å²) >= 11 is 0. The highest BCUT2D eigenvalue weighted by Crippen LogP contribution is 2.35. The van der Waals surface area contributed by atoms with Crippen LogP contribution in [0.3, 0.4) is 0 Å². The summed E-state index contributed by atoms with van der Waals surface area (Å²) in [6, 6.07) is 3.54. The van der Waals surface area contributed by atoms with Crippen molar-refractivity contribution in [2.45, 2.75) is 70.9 Å². The van der Waals surface area contributed by atoms with E-state index in [1.807, 2.05) is 0 Å². The maximum atomic E-state index is 9.16. The Hall–Kier alpha value is -0.550. The number of nitrogens with zero attached hydrogens (tertiary/aromatic N) is 1. The molecule has 2 rings (SSSR count). The minimum atomic E-state index is -0.205. The molecule has 0 aromatic heterocycles. The first-order chi connectivity index (χ1) is 7.63. The quantitative estimate of drug-likeness (QED) is 0.775. The average molecular weight is 220 g/mol. The second-order valence-corrected chi connectivity index (χ2v) is 6.13. The number of hydrogen-bond donors (Lipinski definition) is 1. The highest BCUT2D eigenvalue weighted by molar-refractivity contribution is 5.05. The van der Waals surface area contributed by atoms with Gasteiger partial charge < -0.3 is 5.32 Å². The second kappa shape index (κ2) is 4.75. The van der Waals surface area contributed by atoms with Crippen LogP contribution in [-0.4, -0.2) is 12.1 Å². The molecule has 2 fully saturated rings. The topological polar surface area (TPSA) is 35.8 Å². The highest BCUT2D eigenvalue weighted by Gasteiger charge is 2.38. The molecule has 16 heavy (non-hydrogen) atoms. The van der Waals surface area contributed by atoms with Gasteiger partial charge in [0.15, 0.2) is 0 Å². The molecule has 0 spiro atoms. The first kappa shape index (κ1) is 11.9. The van der Waals surface area contributed by atoms with Crippen molar-refractivity contribution in [3.63, 3.8) is 0 Å². The van der Waals surface area contributed by atoms with Crippen LogP contribution in [0.4, 0.5) is 0 Å². The van der Waals surface area contributed by atoms with Crippen LogP contribution in [0, 0.1) is 22.7 Å². The van der Waals surface area contributed by atoms with Crippen LogP contribution in [0.5, 0.6) is 0 Å². The Morgan fingerprint density at radius 1 is 1.06 bits per heavy atom. The van der Waals surface area contributed by atoms with Gasteiger partial charge in [-0.2, -0.15) is 5.26 Å². The molecule has 1 aliphatic carbocycles. The van der Waals surface area contributed by atoms with Crippen molar-refractivity contribution in [2.24, 2.45) is 11.3 Å². The van der Waals surface area contributed by atoms with Gasteiger partial charge in [-0.1, -0.05) is 19.3 Å². The minimum absolute atomic E-state index is 0.205. The van der Waals surface area contributed by atoms with Gasteiger partial charge in [0.1, 0.15) is 0 Å². The Morgan fingerprint density at radius 2 is 1.75 bits per heavy atom. The molecule has 1 aliphatic heterocycles. The fourth-order valence-electron chi connectivity index (χ4n) is 3.33. The van der Waals surface area contributed by atoms with E-state index < -0.39 is 0 Å². The zero-order valence-corrected chi connectivity index (χ0v) is 10.6. The number of nitrogens with one attached hydrogen (secondary N) is 1. The van der Waals surface area contributed by atoms with E-state index in [9.17, 15) is 0 Å². The minimum Gasteiger partial charge on any atom is -0.309 e. The van der Waals surface area contributed by atoms with Crippen LogP contribution in [0.15, 0.2) is 0 Å². The van der Waals surface area contributed by atoms with Crippen LogP contribution in [0.1, 0.15) is 58.8 Å². The third-order valence-electron chi connectivity index (χ3n) is 4.56.